The van der Waals surface area contributed by atoms with Crippen LogP contribution in [0.4, 0.5) is 11.4 Å². The Kier molecular flexibility index (Phi) is 4.13. The van der Waals surface area contributed by atoms with Gasteiger partial charge >= 0.3 is 0 Å². The molecule has 1 aromatic carbocycles. The lowest BCUT2D eigenvalue weighted by molar-refractivity contribution is 0.425. The molecule has 0 saturated carbocycles. The van der Waals surface area contributed by atoms with Crippen LogP contribution in [0.3, 0.4) is 0 Å². The highest BCUT2D eigenvalue weighted by Crippen LogP contribution is 2.29. The number of aromatic nitrogens is 2. The summed E-state index contributed by atoms with van der Waals surface area (Å²) in [5, 5.41) is 8.23. The number of fused-ring (bicyclic) bond motifs is 1. The van der Waals surface area contributed by atoms with Gasteiger partial charge in [0.25, 0.3) is 0 Å². The molecule has 2 aromatic rings. The molecule has 0 aliphatic carbocycles. The van der Waals surface area contributed by atoms with E-state index >= 15 is 0 Å². The molecule has 2 heterocycles. The van der Waals surface area contributed by atoms with Crippen LogP contribution in [0, 0.1) is 0 Å². The number of hydrogen-bond acceptors (Lipinski definition) is 3. The van der Waals surface area contributed by atoms with Crippen molar-refractivity contribution in [1.82, 2.24) is 9.78 Å². The molecule has 0 radical (unpaired) electrons. The second-order valence-electron chi connectivity index (χ2n) is 5.62. The van der Waals surface area contributed by atoms with E-state index in [4.69, 9.17) is 5.10 Å². The molecular formula is C17H24N4. The molecule has 0 bridgehead atoms. The molecule has 0 amide bonds. The Balaban J connectivity index is 1.76. The summed E-state index contributed by atoms with van der Waals surface area (Å²) in [4.78, 5) is 2.41. The van der Waals surface area contributed by atoms with E-state index in [9.17, 15) is 0 Å². The first-order valence-corrected chi connectivity index (χ1v) is 7.93. The fourth-order valence-electron chi connectivity index (χ4n) is 3.03. The summed E-state index contributed by atoms with van der Waals surface area (Å²) in [5.41, 5.74) is 3.66. The molecule has 0 unspecified atom stereocenters. The van der Waals surface area contributed by atoms with Gasteiger partial charge in [-0.15, -0.1) is 0 Å². The van der Waals surface area contributed by atoms with E-state index in [2.05, 4.69) is 65.3 Å². The Bertz CT molecular complexity index is 586. The summed E-state index contributed by atoms with van der Waals surface area (Å²) < 4.78 is 2.13. The molecule has 21 heavy (non-hydrogen) atoms. The molecule has 4 heteroatoms. The SMILES string of the molecule is CCC(CC)n1ccc(CN2CCNc3ccccc32)n1. The first kappa shape index (κ1) is 14.0. The number of rotatable bonds is 5. The van der Waals surface area contributed by atoms with Crippen molar-refractivity contribution in [1.29, 1.82) is 0 Å². The van der Waals surface area contributed by atoms with Crippen molar-refractivity contribution in [2.75, 3.05) is 23.3 Å². The van der Waals surface area contributed by atoms with E-state index in [1.165, 1.54) is 11.4 Å². The standard InChI is InChI=1S/C17H24N4/c1-3-15(4-2)21-11-9-14(19-21)13-20-12-10-18-16-7-5-6-8-17(16)20/h5-9,11,15,18H,3-4,10,12-13H2,1-2H3. The molecule has 0 atom stereocenters. The minimum atomic E-state index is 0.522. The van der Waals surface area contributed by atoms with Crippen LogP contribution >= 0.6 is 0 Å². The molecule has 1 N–H and O–H groups in total. The van der Waals surface area contributed by atoms with E-state index in [0.29, 0.717) is 6.04 Å². The maximum atomic E-state index is 4.77. The van der Waals surface area contributed by atoms with Crippen molar-refractivity contribution >= 4 is 11.4 Å². The molecule has 1 aliphatic heterocycles. The smallest absolute Gasteiger partial charge is 0.0817 e. The Hall–Kier alpha value is -1.97. The molecule has 1 aliphatic rings. The van der Waals surface area contributed by atoms with Crippen LogP contribution in [0.2, 0.25) is 0 Å². The van der Waals surface area contributed by atoms with Crippen molar-refractivity contribution in [2.45, 2.75) is 39.3 Å². The van der Waals surface area contributed by atoms with Crippen LogP contribution in [-0.4, -0.2) is 22.9 Å². The van der Waals surface area contributed by atoms with Gasteiger partial charge in [0.05, 0.1) is 29.7 Å². The van der Waals surface area contributed by atoms with Gasteiger partial charge in [0, 0.05) is 19.3 Å². The van der Waals surface area contributed by atoms with Crippen LogP contribution in [0.5, 0.6) is 0 Å². The fourth-order valence-corrected chi connectivity index (χ4v) is 3.03. The van der Waals surface area contributed by atoms with Crippen LogP contribution in [0.15, 0.2) is 36.5 Å². The van der Waals surface area contributed by atoms with Crippen molar-refractivity contribution in [3.05, 3.63) is 42.2 Å². The number of hydrogen-bond donors (Lipinski definition) is 1. The van der Waals surface area contributed by atoms with Gasteiger partial charge in [0.1, 0.15) is 0 Å². The highest BCUT2D eigenvalue weighted by Gasteiger charge is 2.17. The number of anilines is 2. The monoisotopic (exact) mass is 284 g/mol. The van der Waals surface area contributed by atoms with Crippen LogP contribution < -0.4 is 10.2 Å². The summed E-state index contributed by atoms with van der Waals surface area (Å²) >= 11 is 0. The molecular weight excluding hydrogens is 260 g/mol. The third-order valence-corrected chi connectivity index (χ3v) is 4.27. The Morgan fingerprint density at radius 2 is 2.00 bits per heavy atom. The van der Waals surface area contributed by atoms with E-state index in [1.807, 2.05) is 0 Å². The van der Waals surface area contributed by atoms with Gasteiger partial charge in [0.2, 0.25) is 0 Å². The third-order valence-electron chi connectivity index (χ3n) is 4.27. The van der Waals surface area contributed by atoms with E-state index < -0.39 is 0 Å². The number of nitrogens with one attached hydrogen (secondary N) is 1. The van der Waals surface area contributed by atoms with Crippen LogP contribution in [-0.2, 0) is 6.54 Å². The van der Waals surface area contributed by atoms with Gasteiger partial charge in [0.15, 0.2) is 0 Å². The zero-order chi connectivity index (χ0) is 14.7. The maximum Gasteiger partial charge on any atom is 0.0817 e. The quantitative estimate of drug-likeness (QED) is 0.909. The van der Waals surface area contributed by atoms with E-state index in [0.717, 1.165) is 38.2 Å². The Labute approximate surface area is 126 Å². The molecule has 112 valence electrons. The summed E-state index contributed by atoms with van der Waals surface area (Å²) in [6.45, 7) is 7.34. The van der Waals surface area contributed by atoms with E-state index in [1.54, 1.807) is 0 Å². The average Bonchev–Trinajstić information content (AvgIpc) is 2.97. The Morgan fingerprint density at radius 1 is 1.19 bits per heavy atom. The molecule has 3 rings (SSSR count). The van der Waals surface area contributed by atoms with Gasteiger partial charge < -0.3 is 10.2 Å². The number of benzene rings is 1. The zero-order valence-electron chi connectivity index (χ0n) is 12.9. The van der Waals surface area contributed by atoms with Crippen LogP contribution in [0.1, 0.15) is 38.4 Å². The predicted molar refractivity (Wildman–Crippen MR) is 87.8 cm³/mol. The topological polar surface area (TPSA) is 33.1 Å². The second kappa shape index (κ2) is 6.20. The largest absolute Gasteiger partial charge is 0.382 e. The van der Waals surface area contributed by atoms with Gasteiger partial charge in [-0.25, -0.2) is 0 Å². The second-order valence-corrected chi connectivity index (χ2v) is 5.62. The highest BCUT2D eigenvalue weighted by molar-refractivity contribution is 5.71. The minimum Gasteiger partial charge on any atom is -0.382 e. The summed E-state index contributed by atoms with van der Waals surface area (Å²) in [6.07, 6.45) is 4.39. The summed E-state index contributed by atoms with van der Waals surface area (Å²) in [7, 11) is 0. The Morgan fingerprint density at radius 3 is 2.81 bits per heavy atom. The van der Waals surface area contributed by atoms with Crippen molar-refractivity contribution in [3.8, 4) is 0 Å². The van der Waals surface area contributed by atoms with E-state index in [-0.39, 0.29) is 0 Å². The molecule has 0 saturated heterocycles. The minimum absolute atomic E-state index is 0.522. The van der Waals surface area contributed by atoms with Gasteiger partial charge in [-0.05, 0) is 31.0 Å². The van der Waals surface area contributed by atoms with Crippen LogP contribution in [0.25, 0.3) is 0 Å². The molecule has 1 aromatic heterocycles. The lowest BCUT2D eigenvalue weighted by Gasteiger charge is -2.31. The first-order chi connectivity index (χ1) is 10.3. The van der Waals surface area contributed by atoms with Gasteiger partial charge in [-0.2, -0.15) is 5.10 Å². The fraction of sp³-hybridized carbons (Fsp3) is 0.471. The lowest BCUT2D eigenvalue weighted by Crippen LogP contribution is -2.33. The maximum absolute atomic E-state index is 4.77. The summed E-state index contributed by atoms with van der Waals surface area (Å²) in [5.74, 6) is 0. The summed E-state index contributed by atoms with van der Waals surface area (Å²) in [6, 6.07) is 11.2. The van der Waals surface area contributed by atoms with Gasteiger partial charge in [-0.1, -0.05) is 26.0 Å². The molecule has 0 fully saturated rings. The van der Waals surface area contributed by atoms with Crippen molar-refractivity contribution in [3.63, 3.8) is 0 Å². The number of nitrogens with zero attached hydrogens (tertiary/aromatic N) is 3. The van der Waals surface area contributed by atoms with Crippen molar-refractivity contribution < 1.29 is 0 Å². The zero-order valence-corrected chi connectivity index (χ0v) is 12.9. The number of para-hydroxylation sites is 2. The average molecular weight is 284 g/mol. The first-order valence-electron chi connectivity index (χ1n) is 7.93. The predicted octanol–water partition coefficient (Wildman–Crippen LogP) is 3.68. The lowest BCUT2D eigenvalue weighted by atomic mass is 10.2. The third kappa shape index (κ3) is 2.89. The van der Waals surface area contributed by atoms with Crippen molar-refractivity contribution in [2.24, 2.45) is 0 Å². The molecule has 4 nitrogen and oxygen atoms in total. The highest BCUT2D eigenvalue weighted by atomic mass is 15.3. The normalized spacial score (nSPS) is 14.1. The van der Waals surface area contributed by atoms with Gasteiger partial charge in [-0.3, -0.25) is 4.68 Å². The molecule has 0 spiro atoms.